The van der Waals surface area contributed by atoms with Gasteiger partial charge < -0.3 is 14.8 Å². The van der Waals surface area contributed by atoms with E-state index in [9.17, 15) is 13.2 Å². The van der Waals surface area contributed by atoms with Crippen LogP contribution < -0.4 is 19.5 Å². The number of aryl methyl sites for hydroxylation is 1. The molecule has 2 rings (SSSR count). The zero-order valence-corrected chi connectivity index (χ0v) is 16.8. The summed E-state index contributed by atoms with van der Waals surface area (Å²) < 4.78 is 36.9. The Morgan fingerprint density at radius 3 is 2.37 bits per heavy atom. The average Bonchev–Trinajstić information content (AvgIpc) is 2.67. The molecule has 8 heteroatoms. The average molecular weight is 392 g/mol. The third kappa shape index (κ3) is 4.58. The first-order chi connectivity index (χ1) is 12.7. The van der Waals surface area contributed by atoms with Crippen molar-refractivity contribution >= 4 is 15.9 Å². The highest BCUT2D eigenvalue weighted by molar-refractivity contribution is 7.89. The summed E-state index contributed by atoms with van der Waals surface area (Å²) >= 11 is 0. The van der Waals surface area contributed by atoms with Gasteiger partial charge in [0, 0.05) is 11.1 Å². The minimum atomic E-state index is -3.64. The lowest BCUT2D eigenvalue weighted by atomic mass is 10.0. The molecule has 0 saturated carbocycles. The van der Waals surface area contributed by atoms with Crippen LogP contribution >= 0.6 is 0 Å². The Morgan fingerprint density at radius 2 is 1.78 bits per heavy atom. The maximum Gasteiger partial charge on any atom is 0.252 e. The number of hydrogen-bond acceptors (Lipinski definition) is 5. The van der Waals surface area contributed by atoms with Crippen LogP contribution in [0.1, 0.15) is 34.5 Å². The van der Waals surface area contributed by atoms with Crippen LogP contribution in [-0.2, 0) is 10.0 Å². The van der Waals surface area contributed by atoms with Gasteiger partial charge in [0.2, 0.25) is 10.0 Å². The molecule has 1 amide bonds. The number of sulfonamides is 1. The number of benzene rings is 2. The van der Waals surface area contributed by atoms with Crippen molar-refractivity contribution in [3.05, 3.63) is 53.1 Å². The van der Waals surface area contributed by atoms with Crippen molar-refractivity contribution in [1.29, 1.82) is 0 Å². The van der Waals surface area contributed by atoms with E-state index in [0.717, 1.165) is 5.56 Å². The lowest BCUT2D eigenvalue weighted by Gasteiger charge is -2.19. The molecule has 0 aliphatic heterocycles. The van der Waals surface area contributed by atoms with Gasteiger partial charge in [-0.3, -0.25) is 4.79 Å². The molecule has 2 N–H and O–H groups in total. The molecular weight excluding hydrogens is 368 g/mol. The fourth-order valence-electron chi connectivity index (χ4n) is 2.66. The number of carbonyl (C=O) groups is 1. The number of nitrogens with one attached hydrogen (secondary N) is 2. The summed E-state index contributed by atoms with van der Waals surface area (Å²) in [5.41, 5.74) is 1.72. The Labute approximate surface area is 159 Å². The molecule has 0 heterocycles. The first-order valence-corrected chi connectivity index (χ1v) is 9.78. The zero-order valence-electron chi connectivity index (χ0n) is 16.0. The first kappa shape index (κ1) is 20.7. The van der Waals surface area contributed by atoms with Gasteiger partial charge in [0.1, 0.15) is 11.5 Å². The van der Waals surface area contributed by atoms with Crippen LogP contribution in [0.4, 0.5) is 0 Å². The molecule has 0 radical (unpaired) electrons. The Morgan fingerprint density at radius 1 is 1.07 bits per heavy atom. The minimum absolute atomic E-state index is 0.0346. The summed E-state index contributed by atoms with van der Waals surface area (Å²) in [6.07, 6.45) is 0. The van der Waals surface area contributed by atoms with Gasteiger partial charge in [-0.2, -0.15) is 0 Å². The Balaban J connectivity index is 2.34. The second-order valence-corrected chi connectivity index (χ2v) is 7.87. The molecule has 0 bridgehead atoms. The summed E-state index contributed by atoms with van der Waals surface area (Å²) in [4.78, 5) is 12.8. The molecule has 7 nitrogen and oxygen atoms in total. The van der Waals surface area contributed by atoms with Crippen LogP contribution in [0.15, 0.2) is 41.3 Å². The van der Waals surface area contributed by atoms with Crippen LogP contribution in [-0.4, -0.2) is 35.6 Å². The topological polar surface area (TPSA) is 93.7 Å². The van der Waals surface area contributed by atoms with E-state index in [-0.39, 0.29) is 16.8 Å². The van der Waals surface area contributed by atoms with Gasteiger partial charge in [-0.15, -0.1) is 0 Å². The van der Waals surface area contributed by atoms with Gasteiger partial charge in [-0.25, -0.2) is 13.1 Å². The highest BCUT2D eigenvalue weighted by Crippen LogP contribution is 2.29. The number of rotatable bonds is 7. The van der Waals surface area contributed by atoms with Crippen molar-refractivity contribution in [3.63, 3.8) is 0 Å². The van der Waals surface area contributed by atoms with E-state index in [1.54, 1.807) is 45.4 Å². The van der Waals surface area contributed by atoms with Crippen LogP contribution in [0.25, 0.3) is 0 Å². The molecule has 0 saturated heterocycles. The molecule has 0 aliphatic carbocycles. The molecule has 1 unspecified atom stereocenters. The summed E-state index contributed by atoms with van der Waals surface area (Å²) in [6.45, 7) is 3.57. The number of amides is 1. The van der Waals surface area contributed by atoms with E-state index in [0.29, 0.717) is 22.6 Å². The highest BCUT2D eigenvalue weighted by atomic mass is 32.2. The standard InChI is InChI=1S/C19H24N2O5S/c1-12-6-8-15(27(23,24)20-3)11-16(12)19(22)21-13(2)17-10-14(25-4)7-9-18(17)26-5/h6-11,13,20H,1-5H3,(H,21,22). The molecule has 1 atom stereocenters. The summed E-state index contributed by atoms with van der Waals surface area (Å²) in [7, 11) is 0.801. The Bertz CT molecular complexity index is 941. The van der Waals surface area contributed by atoms with Gasteiger partial charge in [0.15, 0.2) is 0 Å². The first-order valence-electron chi connectivity index (χ1n) is 8.30. The lowest BCUT2D eigenvalue weighted by molar-refractivity contribution is 0.0938. The van der Waals surface area contributed by atoms with Crippen molar-refractivity contribution < 1.29 is 22.7 Å². The minimum Gasteiger partial charge on any atom is -0.497 e. The van der Waals surface area contributed by atoms with Gasteiger partial charge >= 0.3 is 0 Å². The van der Waals surface area contributed by atoms with Crippen LogP contribution in [0, 0.1) is 6.92 Å². The SMILES string of the molecule is CNS(=O)(=O)c1ccc(C)c(C(=O)NC(C)c2cc(OC)ccc2OC)c1. The van der Waals surface area contributed by atoms with Crippen molar-refractivity contribution in [1.82, 2.24) is 10.0 Å². The second kappa shape index (κ2) is 8.41. The lowest BCUT2D eigenvalue weighted by Crippen LogP contribution is -2.28. The maximum atomic E-state index is 12.8. The molecule has 0 fully saturated rings. The largest absolute Gasteiger partial charge is 0.497 e. The highest BCUT2D eigenvalue weighted by Gasteiger charge is 2.20. The van der Waals surface area contributed by atoms with Crippen LogP contribution in [0.3, 0.4) is 0 Å². The number of hydrogen-bond donors (Lipinski definition) is 2. The zero-order chi connectivity index (χ0) is 20.2. The molecular formula is C19H24N2O5S. The molecule has 2 aromatic rings. The molecule has 0 spiro atoms. The van der Waals surface area contributed by atoms with Crippen molar-refractivity contribution in [2.75, 3.05) is 21.3 Å². The molecule has 146 valence electrons. The van der Waals surface area contributed by atoms with E-state index < -0.39 is 10.0 Å². The van der Waals surface area contributed by atoms with Gasteiger partial charge in [0.05, 0.1) is 25.2 Å². The number of ether oxygens (including phenoxy) is 2. The van der Waals surface area contributed by atoms with Crippen LogP contribution in [0.2, 0.25) is 0 Å². The van der Waals surface area contributed by atoms with Gasteiger partial charge in [0.25, 0.3) is 5.91 Å². The van der Waals surface area contributed by atoms with Gasteiger partial charge in [-0.1, -0.05) is 6.07 Å². The summed E-state index contributed by atoms with van der Waals surface area (Å²) in [5, 5.41) is 2.89. The fourth-order valence-corrected chi connectivity index (χ4v) is 3.42. The Hall–Kier alpha value is -2.58. The number of carbonyl (C=O) groups excluding carboxylic acids is 1. The molecule has 0 aromatic heterocycles. The third-order valence-electron chi connectivity index (χ3n) is 4.28. The van der Waals surface area contributed by atoms with Gasteiger partial charge in [-0.05, 0) is 56.8 Å². The van der Waals surface area contributed by atoms with E-state index in [4.69, 9.17) is 9.47 Å². The van der Waals surface area contributed by atoms with Crippen molar-refractivity contribution in [3.8, 4) is 11.5 Å². The molecule has 0 aliphatic rings. The van der Waals surface area contributed by atoms with E-state index >= 15 is 0 Å². The predicted molar refractivity (Wildman–Crippen MR) is 103 cm³/mol. The van der Waals surface area contributed by atoms with E-state index in [1.165, 1.54) is 19.2 Å². The summed E-state index contributed by atoms with van der Waals surface area (Å²) in [6, 6.07) is 9.38. The van der Waals surface area contributed by atoms with Crippen molar-refractivity contribution in [2.24, 2.45) is 0 Å². The summed E-state index contributed by atoms with van der Waals surface area (Å²) in [5.74, 6) is 0.884. The monoisotopic (exact) mass is 392 g/mol. The quantitative estimate of drug-likeness (QED) is 0.755. The van der Waals surface area contributed by atoms with E-state index in [2.05, 4.69) is 10.0 Å². The molecule has 2 aromatic carbocycles. The maximum absolute atomic E-state index is 12.8. The van der Waals surface area contributed by atoms with E-state index in [1.807, 2.05) is 6.92 Å². The normalized spacial score (nSPS) is 12.3. The van der Waals surface area contributed by atoms with Crippen molar-refractivity contribution in [2.45, 2.75) is 24.8 Å². The third-order valence-corrected chi connectivity index (χ3v) is 5.70. The number of methoxy groups -OCH3 is 2. The molecule has 27 heavy (non-hydrogen) atoms. The predicted octanol–water partition coefficient (Wildman–Crippen LogP) is 2.41. The smallest absolute Gasteiger partial charge is 0.252 e. The van der Waals surface area contributed by atoms with Crippen LogP contribution in [0.5, 0.6) is 11.5 Å². The second-order valence-electron chi connectivity index (χ2n) is 5.99. The Kier molecular flexibility index (Phi) is 6.45. The fraction of sp³-hybridized carbons (Fsp3) is 0.316.